The van der Waals surface area contributed by atoms with E-state index in [9.17, 15) is 0 Å². The molecule has 0 radical (unpaired) electrons. The number of ether oxygens (including phenoxy) is 2. The molecule has 2 aromatic carbocycles. The van der Waals surface area contributed by atoms with Crippen molar-refractivity contribution in [3.8, 4) is 11.5 Å². The van der Waals surface area contributed by atoms with Crippen molar-refractivity contribution in [3.05, 3.63) is 58.7 Å². The second-order valence-electron chi connectivity index (χ2n) is 17.1. The topological polar surface area (TPSA) is 24.9 Å². The fourth-order valence-electron chi connectivity index (χ4n) is 14.3. The van der Waals surface area contributed by atoms with Crippen molar-refractivity contribution >= 4 is 0 Å². The van der Waals surface area contributed by atoms with Gasteiger partial charge >= 0.3 is 0 Å². The molecule has 0 amide bonds. The third-order valence-corrected chi connectivity index (χ3v) is 16.1. The van der Waals surface area contributed by atoms with Gasteiger partial charge in [-0.3, -0.25) is 0 Å². The van der Waals surface area contributed by atoms with Gasteiger partial charge in [-0.1, -0.05) is 26.0 Å². The molecule has 44 heavy (non-hydrogen) atoms. The Kier molecular flexibility index (Phi) is 5.72. The second kappa shape index (κ2) is 9.28. The van der Waals surface area contributed by atoms with Gasteiger partial charge < -0.3 is 9.47 Å². The molecule has 4 saturated carbocycles. The van der Waals surface area contributed by atoms with Gasteiger partial charge in [0.05, 0.1) is 14.2 Å². The third kappa shape index (κ3) is 3.38. The van der Waals surface area contributed by atoms with Gasteiger partial charge in [0.1, 0.15) is 11.5 Å². The number of benzene rings is 2. The Hall–Kier alpha value is -2.04. The van der Waals surface area contributed by atoms with E-state index in [2.05, 4.69) is 60.3 Å². The molecule has 2 heterocycles. The van der Waals surface area contributed by atoms with Crippen molar-refractivity contribution in [3.63, 3.8) is 0 Å². The van der Waals surface area contributed by atoms with E-state index in [1.165, 1.54) is 77.3 Å². The lowest BCUT2D eigenvalue weighted by Crippen LogP contribution is -2.52. The summed E-state index contributed by atoms with van der Waals surface area (Å²) in [5, 5.41) is 6.05. The lowest BCUT2D eigenvalue weighted by Gasteiger charge is -2.53. The van der Waals surface area contributed by atoms with Crippen LogP contribution in [0.4, 0.5) is 0 Å². The molecule has 10 rings (SSSR count). The monoisotopic (exact) mass is 592 g/mol. The van der Waals surface area contributed by atoms with Crippen molar-refractivity contribution in [2.24, 2.45) is 46.3 Å². The first-order valence-corrected chi connectivity index (χ1v) is 18.3. The van der Waals surface area contributed by atoms with Gasteiger partial charge in [0.25, 0.3) is 0 Å². The number of fused-ring (bicyclic) bond motifs is 17. The van der Waals surface area contributed by atoms with E-state index in [0.717, 1.165) is 70.9 Å². The number of hydrazine groups is 1. The van der Waals surface area contributed by atoms with E-state index in [-0.39, 0.29) is 0 Å². The highest BCUT2D eigenvalue weighted by Gasteiger charge is 2.69. The second-order valence-corrected chi connectivity index (χ2v) is 17.1. The molecule has 6 aliphatic carbocycles. The Morgan fingerprint density at radius 2 is 1.25 bits per heavy atom. The van der Waals surface area contributed by atoms with Crippen LogP contribution in [0.2, 0.25) is 0 Å². The lowest BCUT2D eigenvalue weighted by molar-refractivity contribution is -0.0661. The number of hydrogen-bond donors (Lipinski definition) is 0. The summed E-state index contributed by atoms with van der Waals surface area (Å²) in [5.74, 6) is 8.91. The highest BCUT2D eigenvalue weighted by Crippen LogP contribution is 2.70. The zero-order valence-electron chi connectivity index (χ0n) is 27.4. The minimum absolute atomic E-state index is 0.481. The Balaban J connectivity index is 0.900. The molecule has 4 nitrogen and oxygen atoms in total. The first-order valence-electron chi connectivity index (χ1n) is 18.3. The van der Waals surface area contributed by atoms with Crippen LogP contribution in [0.5, 0.6) is 11.5 Å². The Labute approximate surface area is 264 Å². The standard InChI is InChI=1S/C40H52N2O2/c1-39-15-13-30-28-11-7-26(43-3)18-24(28)6-10-33(30)35(39)20-37-36(39)22-42-38-25(21-41(37)42)19-34-32-9-5-23-17-27(44-4)8-12-29(23)31(32)14-16-40(34,38)2/h7-8,11-12,17-18,25,30-38H,5-6,9-10,13-16,19-22H2,1-4H3/t25-,30+,31+,32+,33+,34-,35-,36+,37+,38+,39-,40-/m0/s1. The Bertz CT molecular complexity index is 1440. The van der Waals surface area contributed by atoms with Gasteiger partial charge in [-0.15, -0.1) is 0 Å². The van der Waals surface area contributed by atoms with E-state index in [1.807, 2.05) is 14.2 Å². The molecule has 0 bridgehead atoms. The summed E-state index contributed by atoms with van der Waals surface area (Å²) in [6, 6.07) is 15.6. The maximum absolute atomic E-state index is 5.60. The van der Waals surface area contributed by atoms with Gasteiger partial charge in [-0.2, -0.15) is 0 Å². The minimum atomic E-state index is 0.481. The fourth-order valence-corrected chi connectivity index (χ4v) is 14.3. The first-order chi connectivity index (χ1) is 21.4. The quantitative estimate of drug-likeness (QED) is 0.355. The van der Waals surface area contributed by atoms with Crippen LogP contribution in [0, 0.1) is 46.3 Å². The minimum Gasteiger partial charge on any atom is -0.497 e. The summed E-state index contributed by atoms with van der Waals surface area (Å²) in [5.41, 5.74) is 7.47. The van der Waals surface area contributed by atoms with E-state index in [1.54, 1.807) is 22.3 Å². The van der Waals surface area contributed by atoms with E-state index in [4.69, 9.17) is 9.47 Å². The van der Waals surface area contributed by atoms with Crippen LogP contribution in [0.1, 0.15) is 99.3 Å². The average Bonchev–Trinajstić information content (AvgIpc) is 3.75. The molecule has 12 atom stereocenters. The van der Waals surface area contributed by atoms with Crippen molar-refractivity contribution in [1.29, 1.82) is 0 Å². The maximum atomic E-state index is 5.60. The van der Waals surface area contributed by atoms with E-state index < -0.39 is 0 Å². The molecule has 0 N–H and O–H groups in total. The molecule has 4 heteroatoms. The zero-order valence-corrected chi connectivity index (χ0v) is 27.4. The van der Waals surface area contributed by atoms with Crippen molar-refractivity contribution in [2.45, 2.75) is 102 Å². The Morgan fingerprint density at radius 3 is 1.86 bits per heavy atom. The molecule has 0 spiro atoms. The van der Waals surface area contributed by atoms with E-state index >= 15 is 0 Å². The maximum Gasteiger partial charge on any atom is 0.119 e. The first kappa shape index (κ1) is 27.1. The zero-order chi connectivity index (χ0) is 29.5. The van der Waals surface area contributed by atoms with Crippen LogP contribution >= 0.6 is 0 Å². The predicted octanol–water partition coefficient (Wildman–Crippen LogP) is 7.85. The number of rotatable bonds is 2. The van der Waals surface area contributed by atoms with Gasteiger partial charge in [0.15, 0.2) is 0 Å². The molecule has 2 saturated heterocycles. The number of hydrogen-bond acceptors (Lipinski definition) is 4. The largest absolute Gasteiger partial charge is 0.497 e. The molecular weight excluding hydrogens is 540 g/mol. The number of aryl methyl sites for hydroxylation is 2. The van der Waals surface area contributed by atoms with Crippen LogP contribution in [0.3, 0.4) is 0 Å². The summed E-state index contributed by atoms with van der Waals surface area (Å²) in [6.07, 6.45) is 13.8. The normalized spacial score (nSPS) is 46.5. The summed E-state index contributed by atoms with van der Waals surface area (Å²) in [7, 11) is 3.62. The summed E-state index contributed by atoms with van der Waals surface area (Å²) >= 11 is 0. The van der Waals surface area contributed by atoms with Gasteiger partial charge in [0, 0.05) is 25.2 Å². The lowest BCUT2D eigenvalue weighted by atomic mass is 9.54. The van der Waals surface area contributed by atoms with Crippen LogP contribution in [-0.2, 0) is 12.8 Å². The van der Waals surface area contributed by atoms with Crippen LogP contribution in [0.15, 0.2) is 36.4 Å². The summed E-state index contributed by atoms with van der Waals surface area (Å²) in [4.78, 5) is 0. The molecule has 2 aromatic rings. The predicted molar refractivity (Wildman–Crippen MR) is 174 cm³/mol. The number of methoxy groups -OCH3 is 2. The molecule has 6 fully saturated rings. The van der Waals surface area contributed by atoms with E-state index in [0.29, 0.717) is 10.8 Å². The fraction of sp³-hybridized carbons (Fsp3) is 0.700. The van der Waals surface area contributed by atoms with Crippen molar-refractivity contribution < 1.29 is 9.47 Å². The molecule has 0 aromatic heterocycles. The van der Waals surface area contributed by atoms with Crippen LogP contribution in [-0.4, -0.2) is 49.4 Å². The highest BCUT2D eigenvalue weighted by atomic mass is 16.5. The molecule has 8 aliphatic rings. The average molecular weight is 593 g/mol. The summed E-state index contributed by atoms with van der Waals surface area (Å²) in [6.45, 7) is 8.21. The van der Waals surface area contributed by atoms with Crippen molar-refractivity contribution in [2.75, 3.05) is 27.3 Å². The van der Waals surface area contributed by atoms with Crippen molar-refractivity contribution in [1.82, 2.24) is 10.0 Å². The molecular formula is C40H52N2O2. The van der Waals surface area contributed by atoms with Crippen LogP contribution < -0.4 is 9.47 Å². The number of nitrogens with zero attached hydrogens (tertiary/aromatic N) is 2. The Morgan fingerprint density at radius 1 is 0.659 bits per heavy atom. The molecule has 0 unspecified atom stereocenters. The SMILES string of the molecule is COc1ccc2c(c1)CC[C@@H]1[C@@H]2CC[C@@]2(C)[C@H]1C[C@H]1CN3[C@@H]4C[C@H]5[C@@H]6CCc7cc(OC)ccc7[C@H]6CC[C@]5(C)[C@@H]4CN3[C@H]12. The highest BCUT2D eigenvalue weighted by molar-refractivity contribution is 5.42. The third-order valence-electron chi connectivity index (χ3n) is 16.1. The smallest absolute Gasteiger partial charge is 0.119 e. The summed E-state index contributed by atoms with van der Waals surface area (Å²) < 4.78 is 11.2. The van der Waals surface area contributed by atoms with Crippen LogP contribution in [0.25, 0.3) is 0 Å². The van der Waals surface area contributed by atoms with Gasteiger partial charge in [-0.25, -0.2) is 10.0 Å². The molecule has 234 valence electrons. The van der Waals surface area contributed by atoms with Gasteiger partial charge in [-0.05, 0) is 169 Å². The molecule has 2 aliphatic heterocycles. The van der Waals surface area contributed by atoms with Gasteiger partial charge in [0.2, 0.25) is 0 Å².